The molecule has 2 unspecified atom stereocenters. The van der Waals surface area contributed by atoms with E-state index in [0.29, 0.717) is 12.1 Å². The molecule has 1 aliphatic heterocycles. The molecule has 0 aromatic rings. The van der Waals surface area contributed by atoms with E-state index in [2.05, 4.69) is 43.1 Å². The number of ether oxygens (including phenoxy) is 1. The van der Waals surface area contributed by atoms with Crippen LogP contribution in [0, 0.1) is 0 Å². The summed E-state index contributed by atoms with van der Waals surface area (Å²) >= 11 is 0. The predicted molar refractivity (Wildman–Crippen MR) is 77.1 cm³/mol. The summed E-state index contributed by atoms with van der Waals surface area (Å²) in [6.45, 7) is 10.9. The molecular weight excluding hydrogens is 226 g/mol. The van der Waals surface area contributed by atoms with Crippen molar-refractivity contribution in [2.75, 3.05) is 53.4 Å². The fraction of sp³-hybridized carbons (Fsp3) is 1.00. The topological polar surface area (TPSA) is 27.7 Å². The van der Waals surface area contributed by atoms with Gasteiger partial charge in [0.1, 0.15) is 0 Å². The van der Waals surface area contributed by atoms with Crippen molar-refractivity contribution in [2.24, 2.45) is 0 Å². The number of morpholine rings is 1. The van der Waals surface area contributed by atoms with Crippen LogP contribution in [-0.4, -0.2) is 75.4 Å². The molecule has 0 radical (unpaired) electrons. The summed E-state index contributed by atoms with van der Waals surface area (Å²) in [6.07, 6.45) is 2.80. The van der Waals surface area contributed by atoms with Crippen LogP contribution in [-0.2, 0) is 4.74 Å². The summed E-state index contributed by atoms with van der Waals surface area (Å²) < 4.78 is 5.72. The lowest BCUT2D eigenvalue weighted by Gasteiger charge is -2.38. The molecule has 4 nitrogen and oxygen atoms in total. The van der Waals surface area contributed by atoms with Gasteiger partial charge in [0.15, 0.2) is 0 Å². The quantitative estimate of drug-likeness (QED) is 0.657. The van der Waals surface area contributed by atoms with Crippen LogP contribution in [0.25, 0.3) is 0 Å². The monoisotopic (exact) mass is 257 g/mol. The van der Waals surface area contributed by atoms with Gasteiger partial charge in [0.25, 0.3) is 0 Å². The molecule has 2 atom stereocenters. The Morgan fingerprint density at radius 3 is 2.78 bits per heavy atom. The first kappa shape index (κ1) is 15.9. The summed E-state index contributed by atoms with van der Waals surface area (Å²) in [5.41, 5.74) is 0. The van der Waals surface area contributed by atoms with Crippen molar-refractivity contribution < 1.29 is 4.74 Å². The molecule has 108 valence electrons. The van der Waals surface area contributed by atoms with Gasteiger partial charge in [-0.3, -0.25) is 4.90 Å². The van der Waals surface area contributed by atoms with Gasteiger partial charge in [-0.2, -0.15) is 0 Å². The molecule has 1 heterocycles. The highest BCUT2D eigenvalue weighted by Gasteiger charge is 2.24. The normalized spacial score (nSPS) is 25.8. The molecule has 1 aliphatic rings. The first-order valence-electron chi connectivity index (χ1n) is 7.34. The Labute approximate surface area is 113 Å². The highest BCUT2D eigenvalue weighted by Crippen LogP contribution is 2.13. The molecule has 0 saturated carbocycles. The molecule has 18 heavy (non-hydrogen) atoms. The Kier molecular flexibility index (Phi) is 7.82. The third-order valence-electron chi connectivity index (χ3n) is 3.59. The van der Waals surface area contributed by atoms with Crippen LogP contribution in [0.3, 0.4) is 0 Å². The van der Waals surface area contributed by atoms with Crippen molar-refractivity contribution in [2.45, 2.75) is 38.8 Å². The maximum atomic E-state index is 5.72. The fourth-order valence-electron chi connectivity index (χ4n) is 2.43. The summed E-state index contributed by atoms with van der Waals surface area (Å²) in [4.78, 5) is 4.81. The number of nitrogens with one attached hydrogen (secondary N) is 1. The molecule has 0 aliphatic carbocycles. The third-order valence-corrected chi connectivity index (χ3v) is 3.59. The minimum absolute atomic E-state index is 0.390. The zero-order valence-corrected chi connectivity index (χ0v) is 12.6. The largest absolute Gasteiger partial charge is 0.376 e. The third kappa shape index (κ3) is 6.14. The average molecular weight is 257 g/mol. The first-order chi connectivity index (χ1) is 8.63. The van der Waals surface area contributed by atoms with Gasteiger partial charge in [-0.1, -0.05) is 6.92 Å². The Hall–Kier alpha value is -0.160. The molecule has 0 spiro atoms. The van der Waals surface area contributed by atoms with Crippen molar-refractivity contribution in [1.82, 2.24) is 15.1 Å². The van der Waals surface area contributed by atoms with Crippen LogP contribution in [0.15, 0.2) is 0 Å². The lowest BCUT2D eigenvalue weighted by atomic mass is 10.1. The molecule has 0 bridgehead atoms. The molecular formula is C14H31N3O. The van der Waals surface area contributed by atoms with E-state index in [-0.39, 0.29) is 0 Å². The van der Waals surface area contributed by atoms with Crippen molar-refractivity contribution in [1.29, 1.82) is 0 Å². The smallest absolute Gasteiger partial charge is 0.0674 e. The molecule has 1 saturated heterocycles. The Morgan fingerprint density at radius 2 is 2.11 bits per heavy atom. The van der Waals surface area contributed by atoms with Crippen LogP contribution >= 0.6 is 0 Å². The predicted octanol–water partition coefficient (Wildman–Crippen LogP) is 1.03. The molecule has 4 heteroatoms. The minimum Gasteiger partial charge on any atom is -0.376 e. The van der Waals surface area contributed by atoms with Gasteiger partial charge < -0.3 is 15.0 Å². The zero-order chi connectivity index (χ0) is 13.4. The van der Waals surface area contributed by atoms with E-state index in [1.165, 1.54) is 19.4 Å². The molecule has 1 fully saturated rings. The van der Waals surface area contributed by atoms with E-state index >= 15 is 0 Å². The van der Waals surface area contributed by atoms with Crippen molar-refractivity contribution in [3.63, 3.8) is 0 Å². The molecule has 0 aromatic carbocycles. The second kappa shape index (κ2) is 8.86. The van der Waals surface area contributed by atoms with Gasteiger partial charge in [-0.05, 0) is 47.0 Å². The number of hydrogen-bond donors (Lipinski definition) is 1. The van der Waals surface area contributed by atoms with Gasteiger partial charge in [0, 0.05) is 25.7 Å². The number of rotatable bonds is 8. The highest BCUT2D eigenvalue weighted by molar-refractivity contribution is 4.77. The SMILES string of the molecule is CCC1COC(C)CN1CCNCCCN(C)C. The van der Waals surface area contributed by atoms with Gasteiger partial charge in [-0.15, -0.1) is 0 Å². The van der Waals surface area contributed by atoms with E-state index < -0.39 is 0 Å². The number of hydrogen-bond acceptors (Lipinski definition) is 4. The van der Waals surface area contributed by atoms with Crippen LogP contribution in [0.5, 0.6) is 0 Å². The summed E-state index contributed by atoms with van der Waals surface area (Å²) in [6, 6.07) is 0.616. The Bertz CT molecular complexity index is 211. The zero-order valence-electron chi connectivity index (χ0n) is 12.6. The lowest BCUT2D eigenvalue weighted by molar-refractivity contribution is -0.0550. The lowest BCUT2D eigenvalue weighted by Crippen LogP contribution is -2.50. The summed E-state index contributed by atoms with van der Waals surface area (Å²) in [5, 5.41) is 3.54. The van der Waals surface area contributed by atoms with E-state index in [4.69, 9.17) is 4.74 Å². The molecule has 0 amide bonds. The van der Waals surface area contributed by atoms with Crippen LogP contribution in [0.2, 0.25) is 0 Å². The summed E-state index contributed by atoms with van der Waals surface area (Å²) in [5.74, 6) is 0. The van der Waals surface area contributed by atoms with Gasteiger partial charge in [0.2, 0.25) is 0 Å². The fourth-order valence-corrected chi connectivity index (χ4v) is 2.43. The minimum atomic E-state index is 0.390. The Morgan fingerprint density at radius 1 is 1.33 bits per heavy atom. The van der Waals surface area contributed by atoms with Gasteiger partial charge in [-0.25, -0.2) is 0 Å². The van der Waals surface area contributed by atoms with E-state index in [0.717, 1.165) is 32.8 Å². The van der Waals surface area contributed by atoms with E-state index in [1.807, 2.05) is 0 Å². The van der Waals surface area contributed by atoms with Crippen LogP contribution in [0.1, 0.15) is 26.7 Å². The first-order valence-corrected chi connectivity index (χ1v) is 7.34. The number of nitrogens with zero attached hydrogens (tertiary/aromatic N) is 2. The Balaban J connectivity index is 2.09. The van der Waals surface area contributed by atoms with Crippen molar-refractivity contribution >= 4 is 0 Å². The van der Waals surface area contributed by atoms with Crippen molar-refractivity contribution in [3.05, 3.63) is 0 Å². The average Bonchev–Trinajstić information content (AvgIpc) is 2.33. The molecule has 0 aromatic heterocycles. The maximum absolute atomic E-state index is 5.72. The second-order valence-electron chi connectivity index (χ2n) is 5.61. The molecule has 1 N–H and O–H groups in total. The van der Waals surface area contributed by atoms with Crippen LogP contribution in [0.4, 0.5) is 0 Å². The maximum Gasteiger partial charge on any atom is 0.0674 e. The second-order valence-corrected chi connectivity index (χ2v) is 5.61. The molecule has 1 rings (SSSR count). The highest BCUT2D eigenvalue weighted by atomic mass is 16.5. The van der Waals surface area contributed by atoms with Crippen molar-refractivity contribution in [3.8, 4) is 0 Å². The van der Waals surface area contributed by atoms with E-state index in [9.17, 15) is 0 Å². The standard InChI is InChI=1S/C14H31N3O/c1-5-14-12-18-13(2)11-17(14)10-8-15-7-6-9-16(3)4/h13-15H,5-12H2,1-4H3. The van der Waals surface area contributed by atoms with Gasteiger partial charge in [0.05, 0.1) is 12.7 Å². The van der Waals surface area contributed by atoms with E-state index in [1.54, 1.807) is 0 Å². The van der Waals surface area contributed by atoms with Crippen LogP contribution < -0.4 is 5.32 Å². The van der Waals surface area contributed by atoms with Gasteiger partial charge >= 0.3 is 0 Å². The summed E-state index contributed by atoms with van der Waals surface area (Å²) in [7, 11) is 4.25.